The predicted molar refractivity (Wildman–Crippen MR) is 103 cm³/mol. The van der Waals surface area contributed by atoms with E-state index in [-0.39, 0.29) is 11.5 Å². The quantitative estimate of drug-likeness (QED) is 0.828. The van der Waals surface area contributed by atoms with Gasteiger partial charge in [0.1, 0.15) is 5.69 Å². The topological polar surface area (TPSA) is 55.2 Å². The fraction of sp³-hybridized carbons (Fsp3) is 0.550. The van der Waals surface area contributed by atoms with Crippen LogP contribution in [0.4, 0.5) is 0 Å². The molecule has 26 heavy (non-hydrogen) atoms. The van der Waals surface area contributed by atoms with E-state index >= 15 is 0 Å². The minimum Gasteiger partial charge on any atom is -0.342 e. The van der Waals surface area contributed by atoms with E-state index in [0.29, 0.717) is 18.4 Å². The van der Waals surface area contributed by atoms with Crippen molar-refractivity contribution in [1.29, 1.82) is 0 Å². The Balaban J connectivity index is 1.46. The lowest BCUT2D eigenvalue weighted by Gasteiger charge is -2.34. The van der Waals surface area contributed by atoms with E-state index in [1.165, 1.54) is 12.8 Å². The highest BCUT2D eigenvalue weighted by Gasteiger charge is 2.30. The molecule has 1 saturated carbocycles. The summed E-state index contributed by atoms with van der Waals surface area (Å²) in [7, 11) is 0. The summed E-state index contributed by atoms with van der Waals surface area (Å²) in [6, 6.07) is 7.41. The molecule has 0 bridgehead atoms. The number of hydrogen-bond donors (Lipinski definition) is 0. The van der Waals surface area contributed by atoms with Crippen molar-refractivity contribution < 1.29 is 4.79 Å². The highest BCUT2D eigenvalue weighted by Crippen LogP contribution is 2.29. The van der Waals surface area contributed by atoms with Gasteiger partial charge in [0, 0.05) is 31.6 Å². The second kappa shape index (κ2) is 7.74. The van der Waals surface area contributed by atoms with Crippen molar-refractivity contribution in [3.05, 3.63) is 40.0 Å². The fourth-order valence-corrected chi connectivity index (χ4v) is 4.92. The van der Waals surface area contributed by atoms with Gasteiger partial charge in [0.25, 0.3) is 5.56 Å². The molecular weight excluding hydrogens is 346 g/mol. The van der Waals surface area contributed by atoms with Crippen molar-refractivity contribution in [1.82, 2.24) is 14.7 Å². The Morgan fingerprint density at radius 1 is 1.15 bits per heavy atom. The van der Waals surface area contributed by atoms with E-state index in [9.17, 15) is 9.59 Å². The summed E-state index contributed by atoms with van der Waals surface area (Å²) in [5.74, 6) is 0.870. The maximum Gasteiger partial charge on any atom is 0.266 e. The van der Waals surface area contributed by atoms with Gasteiger partial charge in [-0.2, -0.15) is 5.10 Å². The van der Waals surface area contributed by atoms with Crippen molar-refractivity contribution in [3.63, 3.8) is 0 Å². The highest BCUT2D eigenvalue weighted by atomic mass is 32.1. The zero-order chi connectivity index (χ0) is 17.9. The Hall–Kier alpha value is -1.95. The average Bonchev–Trinajstić information content (AvgIpc) is 3.37. The molecule has 1 amide bonds. The van der Waals surface area contributed by atoms with Crippen molar-refractivity contribution in [2.24, 2.45) is 11.8 Å². The zero-order valence-electron chi connectivity index (χ0n) is 15.0. The summed E-state index contributed by atoms with van der Waals surface area (Å²) >= 11 is 1.62. The Morgan fingerprint density at radius 3 is 2.77 bits per heavy atom. The number of thiophene rings is 1. The van der Waals surface area contributed by atoms with Gasteiger partial charge in [-0.3, -0.25) is 9.59 Å². The van der Waals surface area contributed by atoms with Crippen LogP contribution in [0.5, 0.6) is 0 Å². The summed E-state index contributed by atoms with van der Waals surface area (Å²) < 4.78 is 1.59. The van der Waals surface area contributed by atoms with E-state index in [0.717, 1.165) is 49.3 Å². The Morgan fingerprint density at radius 2 is 2.00 bits per heavy atom. The maximum absolute atomic E-state index is 12.7. The van der Waals surface area contributed by atoms with E-state index in [2.05, 4.69) is 5.10 Å². The number of hydrogen-bond acceptors (Lipinski definition) is 4. The van der Waals surface area contributed by atoms with Gasteiger partial charge in [0.15, 0.2) is 0 Å². The van der Waals surface area contributed by atoms with Crippen LogP contribution in [0.1, 0.15) is 38.5 Å². The van der Waals surface area contributed by atoms with Crippen molar-refractivity contribution in [2.45, 2.75) is 45.1 Å². The largest absolute Gasteiger partial charge is 0.342 e. The van der Waals surface area contributed by atoms with E-state index in [1.54, 1.807) is 28.2 Å². The van der Waals surface area contributed by atoms with Gasteiger partial charge < -0.3 is 4.90 Å². The van der Waals surface area contributed by atoms with E-state index in [1.807, 2.05) is 22.4 Å². The summed E-state index contributed by atoms with van der Waals surface area (Å²) in [5.41, 5.74) is 0.777. The second-order valence-corrected chi connectivity index (χ2v) is 8.44. The van der Waals surface area contributed by atoms with Crippen molar-refractivity contribution >= 4 is 17.2 Å². The number of carbonyl (C=O) groups excluding carboxylic acids is 1. The maximum atomic E-state index is 12.7. The number of amides is 1. The highest BCUT2D eigenvalue weighted by molar-refractivity contribution is 7.13. The Bertz CT molecular complexity index is 809. The molecule has 1 aliphatic heterocycles. The minimum absolute atomic E-state index is 0.0652. The first-order valence-electron chi connectivity index (χ1n) is 9.61. The first-order chi connectivity index (χ1) is 12.7. The van der Waals surface area contributed by atoms with Crippen molar-refractivity contribution in [3.8, 4) is 10.6 Å². The standard InChI is InChI=1S/C20H25N3O2S/c24-19-10-9-17(18-8-4-12-26-18)21-23(19)14-15-5-3-11-22(13-15)20(25)16-6-1-2-7-16/h4,8-10,12,15-16H,1-3,5-7,11,13-14H2/t15-/m0/s1. The predicted octanol–water partition coefficient (Wildman–Crippen LogP) is 3.40. The summed E-state index contributed by atoms with van der Waals surface area (Å²) in [4.78, 5) is 28.1. The molecule has 3 heterocycles. The molecule has 2 aromatic rings. The number of aromatic nitrogens is 2. The van der Waals surface area contributed by atoms with Crippen LogP contribution in [0.15, 0.2) is 34.4 Å². The number of likely N-dealkylation sites (tertiary alicyclic amines) is 1. The molecule has 5 nitrogen and oxygen atoms in total. The Labute approximate surface area is 157 Å². The molecule has 0 aromatic carbocycles. The van der Waals surface area contributed by atoms with Gasteiger partial charge in [-0.05, 0) is 49.1 Å². The van der Waals surface area contributed by atoms with Gasteiger partial charge in [-0.25, -0.2) is 4.68 Å². The van der Waals surface area contributed by atoms with Gasteiger partial charge in [0.2, 0.25) is 5.91 Å². The first-order valence-corrected chi connectivity index (χ1v) is 10.5. The Kier molecular flexibility index (Phi) is 5.20. The average molecular weight is 372 g/mol. The molecule has 2 fully saturated rings. The molecule has 0 N–H and O–H groups in total. The van der Waals surface area contributed by atoms with Gasteiger partial charge >= 0.3 is 0 Å². The fourth-order valence-electron chi connectivity index (χ4n) is 4.23. The normalized spacial score (nSPS) is 21.2. The van der Waals surface area contributed by atoms with Gasteiger partial charge in [0.05, 0.1) is 4.88 Å². The van der Waals surface area contributed by atoms with Crippen LogP contribution in [-0.4, -0.2) is 33.7 Å². The van der Waals surface area contributed by atoms with Crippen LogP contribution in [0, 0.1) is 11.8 Å². The molecule has 138 valence electrons. The number of carbonyl (C=O) groups is 1. The SMILES string of the molecule is O=C(C1CCCC1)N1CCC[C@H](Cn2nc(-c3cccs3)ccc2=O)C1. The lowest BCUT2D eigenvalue weighted by Crippen LogP contribution is -2.44. The molecule has 1 atom stereocenters. The third-order valence-electron chi connectivity index (χ3n) is 5.61. The van der Waals surface area contributed by atoms with E-state index in [4.69, 9.17) is 0 Å². The molecule has 1 aliphatic carbocycles. The van der Waals surface area contributed by atoms with E-state index < -0.39 is 0 Å². The molecule has 2 aromatic heterocycles. The lowest BCUT2D eigenvalue weighted by atomic mass is 9.96. The molecule has 2 aliphatic rings. The van der Waals surface area contributed by atoms with Crippen LogP contribution in [-0.2, 0) is 11.3 Å². The van der Waals surface area contributed by atoms with Crippen LogP contribution in [0.3, 0.4) is 0 Å². The molecule has 6 heteroatoms. The number of nitrogens with zero attached hydrogens (tertiary/aromatic N) is 3. The molecule has 0 unspecified atom stereocenters. The molecule has 1 saturated heterocycles. The summed E-state index contributed by atoms with van der Waals surface area (Å²) in [6.45, 7) is 2.21. The monoisotopic (exact) mass is 371 g/mol. The lowest BCUT2D eigenvalue weighted by molar-refractivity contribution is -0.137. The van der Waals surface area contributed by atoms with Crippen LogP contribution >= 0.6 is 11.3 Å². The van der Waals surface area contributed by atoms with Gasteiger partial charge in [-0.15, -0.1) is 11.3 Å². The molecule has 0 radical (unpaired) electrons. The van der Waals surface area contributed by atoms with Crippen LogP contribution in [0.25, 0.3) is 10.6 Å². The van der Waals surface area contributed by atoms with Gasteiger partial charge in [-0.1, -0.05) is 18.9 Å². The third kappa shape index (κ3) is 3.75. The number of rotatable bonds is 4. The van der Waals surface area contributed by atoms with Crippen LogP contribution < -0.4 is 5.56 Å². The van der Waals surface area contributed by atoms with Crippen LogP contribution in [0.2, 0.25) is 0 Å². The summed E-state index contributed by atoms with van der Waals surface area (Å²) in [5, 5.41) is 6.58. The third-order valence-corrected chi connectivity index (χ3v) is 6.50. The first kappa shape index (κ1) is 17.5. The minimum atomic E-state index is -0.0652. The summed E-state index contributed by atoms with van der Waals surface area (Å²) in [6.07, 6.45) is 6.52. The van der Waals surface area contributed by atoms with Crippen molar-refractivity contribution in [2.75, 3.05) is 13.1 Å². The smallest absolute Gasteiger partial charge is 0.266 e. The second-order valence-electron chi connectivity index (χ2n) is 7.49. The molecular formula is C20H25N3O2S. The number of piperidine rings is 1. The molecule has 0 spiro atoms. The zero-order valence-corrected chi connectivity index (χ0v) is 15.8. The molecule has 4 rings (SSSR count).